The largest absolute Gasteiger partial charge is 0.315 e. The van der Waals surface area contributed by atoms with Crippen molar-refractivity contribution in [2.45, 2.75) is 12.8 Å². The van der Waals surface area contributed by atoms with Gasteiger partial charge in [-0.05, 0) is 50.2 Å². The summed E-state index contributed by atoms with van der Waals surface area (Å²) in [4.78, 5) is 51.8. The van der Waals surface area contributed by atoms with Crippen LogP contribution in [0.1, 0.15) is 54.3 Å². The summed E-state index contributed by atoms with van der Waals surface area (Å²) in [5.74, 6) is -0.869. The average Bonchev–Trinajstić information content (AvgIpc) is 3.20. The molecule has 0 spiro atoms. The fourth-order valence-electron chi connectivity index (χ4n) is 4.04. The van der Waals surface area contributed by atoms with E-state index in [2.05, 4.69) is 10.6 Å². The number of amides is 4. The summed E-state index contributed by atoms with van der Waals surface area (Å²) >= 11 is 0. The summed E-state index contributed by atoms with van der Waals surface area (Å²) in [7, 11) is 0. The Balaban J connectivity index is 1.05. The van der Waals surface area contributed by atoms with E-state index in [9.17, 15) is 19.2 Å². The molecule has 32 heavy (non-hydrogen) atoms. The van der Waals surface area contributed by atoms with Gasteiger partial charge in [0.05, 0.1) is 22.3 Å². The molecule has 2 aromatic rings. The van der Waals surface area contributed by atoms with Crippen LogP contribution in [0.25, 0.3) is 0 Å². The van der Waals surface area contributed by atoms with Crippen LogP contribution in [-0.2, 0) is 0 Å². The molecular weight excluding hydrogens is 408 g/mol. The zero-order valence-corrected chi connectivity index (χ0v) is 17.8. The minimum atomic E-state index is -0.217. The molecule has 0 fully saturated rings. The third-order valence-corrected chi connectivity index (χ3v) is 5.71. The Morgan fingerprint density at radius 2 is 0.812 bits per heavy atom. The molecule has 2 aliphatic heterocycles. The number of imide groups is 2. The van der Waals surface area contributed by atoms with E-state index in [-0.39, 0.29) is 23.6 Å². The molecule has 0 radical (unpaired) electrons. The van der Waals surface area contributed by atoms with Crippen LogP contribution >= 0.6 is 0 Å². The Labute approximate surface area is 186 Å². The molecule has 2 N–H and O–H groups in total. The Bertz CT molecular complexity index is 898. The first kappa shape index (κ1) is 21.9. The highest BCUT2D eigenvalue weighted by atomic mass is 16.2. The van der Waals surface area contributed by atoms with Crippen LogP contribution in [0, 0.1) is 0 Å². The highest BCUT2D eigenvalue weighted by Gasteiger charge is 2.35. The minimum absolute atomic E-state index is 0.217. The van der Waals surface area contributed by atoms with Crippen LogP contribution < -0.4 is 10.6 Å². The van der Waals surface area contributed by atoms with Gasteiger partial charge in [0.15, 0.2) is 0 Å². The molecule has 2 aliphatic rings. The summed E-state index contributed by atoms with van der Waals surface area (Å²) < 4.78 is 0. The van der Waals surface area contributed by atoms with Gasteiger partial charge in [0.2, 0.25) is 0 Å². The maximum Gasteiger partial charge on any atom is 0.261 e. The van der Waals surface area contributed by atoms with Gasteiger partial charge < -0.3 is 10.6 Å². The molecule has 0 atom stereocenters. The molecule has 0 saturated heterocycles. The SMILES string of the molecule is O=C1c2ccccc2C(=O)N1CCCNCCNCCCN1C(=O)c2ccccc2C1=O. The van der Waals surface area contributed by atoms with Crippen LogP contribution in [0.15, 0.2) is 48.5 Å². The van der Waals surface area contributed by atoms with E-state index in [0.717, 1.165) is 13.1 Å². The number of hydrogen-bond acceptors (Lipinski definition) is 6. The number of nitrogens with zero attached hydrogens (tertiary/aromatic N) is 2. The van der Waals surface area contributed by atoms with E-state index in [4.69, 9.17) is 0 Å². The lowest BCUT2D eigenvalue weighted by Crippen LogP contribution is -2.35. The molecule has 166 valence electrons. The summed E-state index contributed by atoms with van der Waals surface area (Å²) in [6.07, 6.45) is 1.37. The van der Waals surface area contributed by atoms with E-state index in [1.54, 1.807) is 48.5 Å². The molecule has 4 amide bonds. The summed E-state index contributed by atoms with van der Waals surface area (Å²) in [5.41, 5.74) is 1.93. The predicted molar refractivity (Wildman–Crippen MR) is 119 cm³/mol. The number of carbonyl (C=O) groups excluding carboxylic acids is 4. The van der Waals surface area contributed by atoms with E-state index in [0.29, 0.717) is 61.3 Å². The highest BCUT2D eigenvalue weighted by Crippen LogP contribution is 2.23. The highest BCUT2D eigenvalue weighted by molar-refractivity contribution is 6.22. The van der Waals surface area contributed by atoms with Crippen molar-refractivity contribution in [2.75, 3.05) is 39.3 Å². The van der Waals surface area contributed by atoms with E-state index < -0.39 is 0 Å². The van der Waals surface area contributed by atoms with Crippen molar-refractivity contribution in [1.29, 1.82) is 0 Å². The normalized spacial score (nSPS) is 15.0. The summed E-state index contributed by atoms with van der Waals surface area (Å²) in [5, 5.41) is 6.58. The number of fused-ring (bicyclic) bond motifs is 2. The number of nitrogens with one attached hydrogen (secondary N) is 2. The standard InChI is InChI=1S/C24H26N4O4/c29-21-17-7-1-2-8-18(17)22(30)27(21)15-5-11-25-13-14-26-12-6-16-28-23(31)19-9-3-4-10-20(19)24(28)32/h1-4,7-10,25-26H,5-6,11-16H2. The van der Waals surface area contributed by atoms with Crippen LogP contribution in [0.5, 0.6) is 0 Å². The van der Waals surface area contributed by atoms with Gasteiger partial charge in [-0.15, -0.1) is 0 Å². The quantitative estimate of drug-likeness (QED) is 0.411. The zero-order chi connectivity index (χ0) is 22.5. The van der Waals surface area contributed by atoms with E-state index >= 15 is 0 Å². The third kappa shape index (κ3) is 4.32. The predicted octanol–water partition coefficient (Wildman–Crippen LogP) is 1.54. The van der Waals surface area contributed by atoms with Gasteiger partial charge in [-0.2, -0.15) is 0 Å². The molecule has 0 unspecified atom stereocenters. The van der Waals surface area contributed by atoms with E-state index in [1.165, 1.54) is 9.80 Å². The maximum absolute atomic E-state index is 12.3. The van der Waals surface area contributed by atoms with Gasteiger partial charge in [-0.1, -0.05) is 24.3 Å². The molecule has 8 heteroatoms. The Hall–Kier alpha value is -3.36. The molecule has 2 aromatic carbocycles. The second-order valence-electron chi connectivity index (χ2n) is 7.82. The molecule has 2 heterocycles. The maximum atomic E-state index is 12.3. The van der Waals surface area contributed by atoms with Crippen LogP contribution in [-0.4, -0.2) is 72.7 Å². The second kappa shape index (κ2) is 9.84. The van der Waals surface area contributed by atoms with Gasteiger partial charge in [0, 0.05) is 26.2 Å². The van der Waals surface area contributed by atoms with Crippen LogP contribution in [0.2, 0.25) is 0 Å². The lowest BCUT2D eigenvalue weighted by molar-refractivity contribution is 0.0636. The Morgan fingerprint density at radius 1 is 0.500 bits per heavy atom. The fourth-order valence-corrected chi connectivity index (χ4v) is 4.04. The smallest absolute Gasteiger partial charge is 0.261 e. The van der Waals surface area contributed by atoms with Crippen LogP contribution in [0.3, 0.4) is 0 Å². The number of benzene rings is 2. The average molecular weight is 434 g/mol. The van der Waals surface area contributed by atoms with Gasteiger partial charge in [0.25, 0.3) is 23.6 Å². The fraction of sp³-hybridized carbons (Fsp3) is 0.333. The van der Waals surface area contributed by atoms with Gasteiger partial charge >= 0.3 is 0 Å². The van der Waals surface area contributed by atoms with Gasteiger partial charge in [-0.3, -0.25) is 29.0 Å². The van der Waals surface area contributed by atoms with Crippen molar-refractivity contribution in [1.82, 2.24) is 20.4 Å². The van der Waals surface area contributed by atoms with Gasteiger partial charge in [0.1, 0.15) is 0 Å². The molecule has 0 bridgehead atoms. The van der Waals surface area contributed by atoms with Crippen molar-refractivity contribution < 1.29 is 19.2 Å². The van der Waals surface area contributed by atoms with E-state index in [1.807, 2.05) is 0 Å². The second-order valence-corrected chi connectivity index (χ2v) is 7.82. The molecule has 4 rings (SSSR count). The Kier molecular flexibility index (Phi) is 6.72. The van der Waals surface area contributed by atoms with Crippen molar-refractivity contribution in [3.05, 3.63) is 70.8 Å². The number of hydrogen-bond donors (Lipinski definition) is 2. The van der Waals surface area contributed by atoms with Gasteiger partial charge in [-0.25, -0.2) is 0 Å². The van der Waals surface area contributed by atoms with Crippen molar-refractivity contribution in [3.8, 4) is 0 Å². The first-order chi connectivity index (χ1) is 15.6. The number of rotatable bonds is 11. The molecule has 0 aliphatic carbocycles. The number of carbonyl (C=O) groups is 4. The van der Waals surface area contributed by atoms with Crippen molar-refractivity contribution >= 4 is 23.6 Å². The van der Waals surface area contributed by atoms with Crippen molar-refractivity contribution in [3.63, 3.8) is 0 Å². The molecule has 0 aromatic heterocycles. The zero-order valence-electron chi connectivity index (χ0n) is 17.8. The van der Waals surface area contributed by atoms with Crippen LogP contribution in [0.4, 0.5) is 0 Å². The topological polar surface area (TPSA) is 98.8 Å². The lowest BCUT2D eigenvalue weighted by atomic mass is 10.1. The Morgan fingerprint density at radius 3 is 1.12 bits per heavy atom. The molecule has 8 nitrogen and oxygen atoms in total. The summed E-state index contributed by atoms with van der Waals surface area (Å²) in [6.45, 7) is 3.68. The molecular formula is C24H26N4O4. The summed E-state index contributed by atoms with van der Waals surface area (Å²) in [6, 6.07) is 13.8. The monoisotopic (exact) mass is 434 g/mol. The minimum Gasteiger partial charge on any atom is -0.315 e. The first-order valence-electron chi connectivity index (χ1n) is 10.9. The molecule has 0 saturated carbocycles. The third-order valence-electron chi connectivity index (χ3n) is 5.71. The lowest BCUT2D eigenvalue weighted by Gasteiger charge is -2.14. The van der Waals surface area contributed by atoms with Crippen molar-refractivity contribution in [2.24, 2.45) is 0 Å². The first-order valence-corrected chi connectivity index (χ1v) is 10.9.